The molecule has 0 saturated carbocycles. The summed E-state index contributed by atoms with van der Waals surface area (Å²) in [5, 5.41) is 37.7. The summed E-state index contributed by atoms with van der Waals surface area (Å²) >= 11 is 0. The monoisotopic (exact) mass is 342 g/mol. The lowest BCUT2D eigenvalue weighted by molar-refractivity contribution is -0.0249. The van der Waals surface area contributed by atoms with Crippen LogP contribution in [0.1, 0.15) is 6.92 Å². The lowest BCUT2D eigenvalue weighted by Gasteiger charge is -2.20. The fourth-order valence-electron chi connectivity index (χ4n) is 1.94. The Morgan fingerprint density at radius 1 is 0.880 bits per heavy atom. The molecule has 2 aromatic rings. The summed E-state index contributed by atoms with van der Waals surface area (Å²) in [6.45, 7) is 1.38. The van der Waals surface area contributed by atoms with Crippen LogP contribution in [0.2, 0.25) is 0 Å². The normalized spacial score (nSPS) is 15.6. The van der Waals surface area contributed by atoms with Gasteiger partial charge in [-0.25, -0.2) is 0 Å². The van der Waals surface area contributed by atoms with E-state index < -0.39 is 18.3 Å². The van der Waals surface area contributed by atoms with Crippen LogP contribution in [-0.4, -0.2) is 45.6 Å². The number of hydrogen-bond donors (Lipinski definition) is 5. The molecule has 7 heteroatoms. The van der Waals surface area contributed by atoms with Crippen molar-refractivity contribution in [1.82, 2.24) is 0 Å². The fourth-order valence-corrected chi connectivity index (χ4v) is 1.94. The van der Waals surface area contributed by atoms with E-state index in [9.17, 15) is 15.3 Å². The van der Waals surface area contributed by atoms with Crippen LogP contribution >= 0.6 is 0 Å². The van der Waals surface area contributed by atoms with Gasteiger partial charge in [0, 0.05) is 0 Å². The zero-order chi connectivity index (χ0) is 18.1. The van der Waals surface area contributed by atoms with Gasteiger partial charge in [-0.2, -0.15) is 10.2 Å². The van der Waals surface area contributed by atoms with Crippen LogP contribution in [0.3, 0.4) is 0 Å². The molecule has 0 saturated heterocycles. The van der Waals surface area contributed by atoms with E-state index in [0.29, 0.717) is 5.69 Å². The molecule has 5 N–H and O–H groups in total. The molecule has 0 amide bonds. The van der Waals surface area contributed by atoms with Gasteiger partial charge in [-0.3, -0.25) is 10.9 Å². The van der Waals surface area contributed by atoms with Gasteiger partial charge < -0.3 is 15.3 Å². The minimum Gasteiger partial charge on any atom is -0.391 e. The number of benzene rings is 2. The van der Waals surface area contributed by atoms with Crippen molar-refractivity contribution in [3.05, 3.63) is 60.7 Å². The van der Waals surface area contributed by atoms with Gasteiger partial charge in [0.25, 0.3) is 0 Å². The number of aliphatic hydroxyl groups excluding tert-OH is 3. The molecule has 2 aromatic carbocycles. The molecule has 2 rings (SSSR count). The lowest BCUT2D eigenvalue weighted by atomic mass is 10.1. The summed E-state index contributed by atoms with van der Waals surface area (Å²) in [6, 6.07) is 18.4. The minimum atomic E-state index is -1.41. The first-order valence-electron chi connectivity index (χ1n) is 7.85. The van der Waals surface area contributed by atoms with Crippen molar-refractivity contribution in [1.29, 1.82) is 0 Å². The molecule has 7 nitrogen and oxygen atoms in total. The second kappa shape index (κ2) is 9.53. The highest BCUT2D eigenvalue weighted by atomic mass is 16.4. The molecule has 0 unspecified atom stereocenters. The van der Waals surface area contributed by atoms with Gasteiger partial charge in [0.1, 0.15) is 17.9 Å². The minimum absolute atomic E-state index is 0.0701. The van der Waals surface area contributed by atoms with Crippen molar-refractivity contribution in [2.24, 2.45) is 10.2 Å². The van der Waals surface area contributed by atoms with Crippen LogP contribution in [0.4, 0.5) is 11.4 Å². The number of para-hydroxylation sites is 2. The number of nitrogens with zero attached hydrogens (tertiary/aromatic N) is 2. The van der Waals surface area contributed by atoms with E-state index in [0.717, 1.165) is 5.69 Å². The predicted molar refractivity (Wildman–Crippen MR) is 99.8 cm³/mol. The van der Waals surface area contributed by atoms with Gasteiger partial charge in [0.15, 0.2) is 0 Å². The van der Waals surface area contributed by atoms with E-state index in [-0.39, 0.29) is 5.71 Å². The standard InChI is InChI=1S/C18H22N4O3/c1-13(23)17(24)18(25)16(22-21-15-10-6-3-7-11-15)12-19-20-14-8-4-2-5-9-14/h2-13,17-18,20-21,23-25H,1H3/t13-,17+,18-/m0/s1. The van der Waals surface area contributed by atoms with Crippen molar-refractivity contribution in [2.75, 3.05) is 10.9 Å². The van der Waals surface area contributed by atoms with Crippen molar-refractivity contribution in [3.8, 4) is 0 Å². The molecule has 0 radical (unpaired) electrons. The number of anilines is 2. The van der Waals surface area contributed by atoms with E-state index in [2.05, 4.69) is 21.1 Å². The quantitative estimate of drug-likeness (QED) is 0.370. The largest absolute Gasteiger partial charge is 0.391 e. The van der Waals surface area contributed by atoms with Crippen LogP contribution in [-0.2, 0) is 0 Å². The first kappa shape index (κ1) is 18.6. The van der Waals surface area contributed by atoms with Gasteiger partial charge >= 0.3 is 0 Å². The number of aliphatic hydroxyl groups is 3. The molecule has 25 heavy (non-hydrogen) atoms. The number of hydrogen-bond acceptors (Lipinski definition) is 7. The third-order valence-electron chi connectivity index (χ3n) is 3.37. The Bertz CT molecular complexity index is 690. The van der Waals surface area contributed by atoms with Crippen molar-refractivity contribution < 1.29 is 15.3 Å². The highest BCUT2D eigenvalue weighted by Crippen LogP contribution is 2.08. The molecule has 0 aliphatic heterocycles. The Morgan fingerprint density at radius 3 is 1.92 bits per heavy atom. The number of nitrogens with one attached hydrogen (secondary N) is 2. The Kier molecular flexibility index (Phi) is 7.09. The first-order chi connectivity index (χ1) is 12.1. The summed E-state index contributed by atoms with van der Waals surface area (Å²) in [5.74, 6) is 0. The third-order valence-corrected chi connectivity index (χ3v) is 3.37. The van der Waals surface area contributed by atoms with Gasteiger partial charge in [0.05, 0.1) is 23.7 Å². The van der Waals surface area contributed by atoms with Crippen LogP contribution in [0.15, 0.2) is 70.9 Å². The second-order valence-electron chi connectivity index (χ2n) is 5.43. The van der Waals surface area contributed by atoms with E-state index in [1.54, 1.807) is 12.1 Å². The first-order valence-corrected chi connectivity index (χ1v) is 7.85. The maximum Gasteiger partial charge on any atom is 0.128 e. The predicted octanol–water partition coefficient (Wildman–Crippen LogP) is 1.65. The van der Waals surface area contributed by atoms with Crippen molar-refractivity contribution in [2.45, 2.75) is 25.2 Å². The molecule has 0 aliphatic rings. The molecule has 132 valence electrons. The SMILES string of the molecule is C[C@H](O)[C@@H](O)[C@@H](O)C(C=NNc1ccccc1)=NNc1ccccc1. The van der Waals surface area contributed by atoms with Crippen LogP contribution in [0, 0.1) is 0 Å². The van der Waals surface area contributed by atoms with Crippen LogP contribution < -0.4 is 10.9 Å². The topological polar surface area (TPSA) is 109 Å². The molecular formula is C18H22N4O3. The smallest absolute Gasteiger partial charge is 0.128 e. The number of rotatable bonds is 8. The number of hydrazone groups is 2. The molecule has 0 heterocycles. The van der Waals surface area contributed by atoms with Gasteiger partial charge in [-0.15, -0.1) is 0 Å². The molecule has 0 spiro atoms. The summed E-state index contributed by atoms with van der Waals surface area (Å²) < 4.78 is 0. The van der Waals surface area contributed by atoms with Crippen molar-refractivity contribution >= 4 is 23.3 Å². The Morgan fingerprint density at radius 2 is 1.40 bits per heavy atom. The van der Waals surface area contributed by atoms with E-state index in [1.165, 1.54) is 13.1 Å². The maximum atomic E-state index is 10.2. The summed E-state index contributed by atoms with van der Waals surface area (Å²) in [7, 11) is 0. The zero-order valence-corrected chi connectivity index (χ0v) is 13.8. The molecular weight excluding hydrogens is 320 g/mol. The van der Waals surface area contributed by atoms with E-state index >= 15 is 0 Å². The second-order valence-corrected chi connectivity index (χ2v) is 5.43. The average molecular weight is 342 g/mol. The fraction of sp³-hybridized carbons (Fsp3) is 0.222. The van der Waals surface area contributed by atoms with Gasteiger partial charge in [-0.05, 0) is 31.2 Å². The zero-order valence-electron chi connectivity index (χ0n) is 13.8. The van der Waals surface area contributed by atoms with Gasteiger partial charge in [0.2, 0.25) is 0 Å². The molecule has 3 atom stereocenters. The molecule has 0 aliphatic carbocycles. The summed E-state index contributed by atoms with van der Waals surface area (Å²) in [4.78, 5) is 0. The maximum absolute atomic E-state index is 10.2. The van der Waals surface area contributed by atoms with Crippen LogP contribution in [0.5, 0.6) is 0 Å². The highest BCUT2D eigenvalue weighted by molar-refractivity contribution is 6.33. The summed E-state index contributed by atoms with van der Waals surface area (Å²) in [6.07, 6.45) is -2.62. The van der Waals surface area contributed by atoms with E-state index in [4.69, 9.17) is 0 Å². The lowest BCUT2D eigenvalue weighted by Crippen LogP contribution is -2.42. The Balaban J connectivity index is 2.13. The van der Waals surface area contributed by atoms with Crippen LogP contribution in [0.25, 0.3) is 0 Å². The highest BCUT2D eigenvalue weighted by Gasteiger charge is 2.25. The molecule has 0 aromatic heterocycles. The average Bonchev–Trinajstić information content (AvgIpc) is 2.65. The summed E-state index contributed by atoms with van der Waals surface area (Å²) in [5.41, 5.74) is 7.13. The Hall–Kier alpha value is -2.74. The molecule has 0 fully saturated rings. The van der Waals surface area contributed by atoms with E-state index in [1.807, 2.05) is 48.5 Å². The molecule has 0 bridgehead atoms. The third kappa shape index (κ3) is 6.00. The van der Waals surface area contributed by atoms with Crippen molar-refractivity contribution in [3.63, 3.8) is 0 Å². The Labute approximate surface area is 146 Å². The van der Waals surface area contributed by atoms with Gasteiger partial charge in [-0.1, -0.05) is 36.4 Å².